The van der Waals surface area contributed by atoms with Crippen molar-refractivity contribution in [2.45, 2.75) is 38.3 Å². The molecule has 1 aromatic heterocycles. The smallest absolute Gasteiger partial charge is 0.317 e. The van der Waals surface area contributed by atoms with Crippen LogP contribution in [0.4, 0.5) is 4.79 Å². The Morgan fingerprint density at radius 2 is 2.04 bits per heavy atom. The molecule has 1 fully saturated rings. The number of urea groups is 1. The Labute approximate surface area is 155 Å². The Bertz CT molecular complexity index is 657. The highest BCUT2D eigenvalue weighted by molar-refractivity contribution is 5.74. The van der Waals surface area contributed by atoms with Gasteiger partial charge in [-0.25, -0.2) is 4.79 Å². The van der Waals surface area contributed by atoms with E-state index >= 15 is 0 Å². The van der Waals surface area contributed by atoms with Gasteiger partial charge in [0.15, 0.2) is 0 Å². The van der Waals surface area contributed by atoms with Crippen LogP contribution in [0, 0.1) is 0 Å². The Morgan fingerprint density at radius 1 is 1.19 bits per heavy atom. The second-order valence-electron chi connectivity index (χ2n) is 6.66. The third-order valence-electron chi connectivity index (χ3n) is 4.56. The molecule has 1 unspecified atom stereocenters. The Kier molecular flexibility index (Phi) is 7.02. The number of nitrogens with one attached hydrogen (secondary N) is 1. The minimum Gasteiger partial charge on any atom is -0.376 e. The number of aromatic nitrogens is 1. The van der Waals surface area contributed by atoms with Crippen molar-refractivity contribution in [2.75, 3.05) is 19.7 Å². The molecule has 0 radical (unpaired) electrons. The maximum atomic E-state index is 12.7. The fraction of sp³-hybridized carbons (Fsp3) is 0.429. The van der Waals surface area contributed by atoms with Crippen molar-refractivity contribution in [3.8, 4) is 0 Å². The minimum absolute atomic E-state index is 0.0228. The topological polar surface area (TPSA) is 54.5 Å². The van der Waals surface area contributed by atoms with Gasteiger partial charge in [-0.3, -0.25) is 4.98 Å². The van der Waals surface area contributed by atoms with E-state index in [0.717, 1.165) is 43.5 Å². The number of amides is 2. The number of carbonyl (C=O) groups is 1. The van der Waals surface area contributed by atoms with Crippen molar-refractivity contribution in [1.82, 2.24) is 15.2 Å². The van der Waals surface area contributed by atoms with Crippen LogP contribution < -0.4 is 5.32 Å². The standard InChI is InChI=1S/C21H27N3O2/c25-21(23-14-6-11-19-10-4-5-13-22-19)24(17-20-12-7-15-26-20)16-18-8-2-1-3-9-18/h1-5,8-10,13,20H,6-7,11-12,14-17H2,(H,23,25). The summed E-state index contributed by atoms with van der Waals surface area (Å²) in [6, 6.07) is 16.0. The summed E-state index contributed by atoms with van der Waals surface area (Å²) in [6.45, 7) is 2.69. The lowest BCUT2D eigenvalue weighted by molar-refractivity contribution is 0.0795. The SMILES string of the molecule is O=C(NCCCc1ccccn1)N(Cc1ccccc1)CC1CCCO1. The van der Waals surface area contributed by atoms with Gasteiger partial charge in [0, 0.05) is 38.1 Å². The maximum Gasteiger partial charge on any atom is 0.317 e. The largest absolute Gasteiger partial charge is 0.376 e. The molecule has 2 amide bonds. The molecule has 1 saturated heterocycles. The Balaban J connectivity index is 1.50. The summed E-state index contributed by atoms with van der Waals surface area (Å²) < 4.78 is 5.72. The van der Waals surface area contributed by atoms with Crippen LogP contribution in [0.15, 0.2) is 54.7 Å². The van der Waals surface area contributed by atoms with Gasteiger partial charge in [0.25, 0.3) is 0 Å². The number of aryl methyl sites for hydroxylation is 1. The molecule has 26 heavy (non-hydrogen) atoms. The average molecular weight is 353 g/mol. The van der Waals surface area contributed by atoms with Gasteiger partial charge in [0.05, 0.1) is 6.10 Å². The number of carbonyl (C=O) groups excluding carboxylic acids is 1. The molecule has 0 aliphatic carbocycles. The molecule has 5 nitrogen and oxygen atoms in total. The Hall–Kier alpha value is -2.40. The third-order valence-corrected chi connectivity index (χ3v) is 4.56. The fourth-order valence-corrected chi connectivity index (χ4v) is 3.18. The lowest BCUT2D eigenvalue weighted by atomic mass is 10.2. The summed E-state index contributed by atoms with van der Waals surface area (Å²) in [5.41, 5.74) is 2.19. The first kappa shape index (κ1) is 18.4. The number of nitrogens with zero attached hydrogens (tertiary/aromatic N) is 2. The van der Waals surface area contributed by atoms with Gasteiger partial charge in [0.1, 0.15) is 0 Å². The van der Waals surface area contributed by atoms with E-state index in [1.165, 1.54) is 0 Å². The van der Waals surface area contributed by atoms with Crippen molar-refractivity contribution in [3.05, 3.63) is 66.0 Å². The van der Waals surface area contributed by atoms with Crippen LogP contribution in [0.1, 0.15) is 30.5 Å². The van der Waals surface area contributed by atoms with Gasteiger partial charge in [-0.2, -0.15) is 0 Å². The number of rotatable bonds is 8. The predicted molar refractivity (Wildman–Crippen MR) is 102 cm³/mol. The van der Waals surface area contributed by atoms with E-state index < -0.39 is 0 Å². The molecule has 1 atom stereocenters. The molecule has 0 saturated carbocycles. The predicted octanol–water partition coefficient (Wildman–Crippen LogP) is 3.41. The number of ether oxygens (including phenoxy) is 1. The van der Waals surface area contributed by atoms with Crippen LogP contribution in [0.3, 0.4) is 0 Å². The molecule has 1 aliphatic rings. The molecule has 2 aromatic rings. The van der Waals surface area contributed by atoms with E-state index in [1.54, 1.807) is 6.20 Å². The van der Waals surface area contributed by atoms with Gasteiger partial charge in [-0.1, -0.05) is 36.4 Å². The first-order chi connectivity index (χ1) is 12.8. The lowest BCUT2D eigenvalue weighted by Crippen LogP contribution is -2.43. The highest BCUT2D eigenvalue weighted by Crippen LogP contribution is 2.15. The molecule has 1 N–H and O–H groups in total. The number of hydrogen-bond acceptors (Lipinski definition) is 3. The van der Waals surface area contributed by atoms with Crippen LogP contribution in [0.2, 0.25) is 0 Å². The zero-order chi connectivity index (χ0) is 18.0. The lowest BCUT2D eigenvalue weighted by Gasteiger charge is -2.26. The van der Waals surface area contributed by atoms with Gasteiger partial charge >= 0.3 is 6.03 Å². The Morgan fingerprint density at radius 3 is 2.77 bits per heavy atom. The molecular weight excluding hydrogens is 326 g/mol. The molecule has 2 heterocycles. The molecule has 1 aliphatic heterocycles. The van der Waals surface area contributed by atoms with Crippen LogP contribution in [-0.4, -0.2) is 41.7 Å². The zero-order valence-corrected chi connectivity index (χ0v) is 15.1. The van der Waals surface area contributed by atoms with Crippen molar-refractivity contribution >= 4 is 6.03 Å². The molecule has 0 bridgehead atoms. The summed E-state index contributed by atoms with van der Waals surface area (Å²) >= 11 is 0. The van der Waals surface area contributed by atoms with Gasteiger partial charge in [-0.15, -0.1) is 0 Å². The second-order valence-corrected chi connectivity index (χ2v) is 6.66. The van der Waals surface area contributed by atoms with Crippen molar-refractivity contribution in [2.24, 2.45) is 0 Å². The number of pyridine rings is 1. The van der Waals surface area contributed by atoms with Crippen molar-refractivity contribution in [3.63, 3.8) is 0 Å². The second kappa shape index (κ2) is 9.92. The van der Waals surface area contributed by atoms with E-state index in [9.17, 15) is 4.79 Å². The van der Waals surface area contributed by atoms with Crippen LogP contribution in [0.25, 0.3) is 0 Å². The molecule has 138 valence electrons. The highest BCUT2D eigenvalue weighted by Gasteiger charge is 2.22. The van der Waals surface area contributed by atoms with Crippen LogP contribution in [0.5, 0.6) is 0 Å². The first-order valence-corrected chi connectivity index (χ1v) is 9.39. The summed E-state index contributed by atoms with van der Waals surface area (Å²) in [5, 5.41) is 3.05. The normalized spacial score (nSPS) is 16.4. The monoisotopic (exact) mass is 353 g/mol. The summed E-state index contributed by atoms with van der Waals surface area (Å²) in [5.74, 6) is 0. The highest BCUT2D eigenvalue weighted by atomic mass is 16.5. The van der Waals surface area contributed by atoms with E-state index in [2.05, 4.69) is 22.4 Å². The molecule has 5 heteroatoms. The first-order valence-electron chi connectivity index (χ1n) is 9.39. The number of benzene rings is 1. The van der Waals surface area contributed by atoms with Gasteiger partial charge in [0.2, 0.25) is 0 Å². The summed E-state index contributed by atoms with van der Waals surface area (Å²) in [6.07, 6.45) is 5.80. The quantitative estimate of drug-likeness (QED) is 0.740. The van der Waals surface area contributed by atoms with E-state index in [1.807, 2.05) is 41.3 Å². The van der Waals surface area contributed by atoms with E-state index in [-0.39, 0.29) is 12.1 Å². The third kappa shape index (κ3) is 5.85. The van der Waals surface area contributed by atoms with Gasteiger partial charge < -0.3 is 15.0 Å². The average Bonchev–Trinajstić information content (AvgIpc) is 3.19. The fourth-order valence-electron chi connectivity index (χ4n) is 3.18. The van der Waals surface area contributed by atoms with Crippen LogP contribution >= 0.6 is 0 Å². The van der Waals surface area contributed by atoms with Crippen molar-refractivity contribution < 1.29 is 9.53 Å². The summed E-state index contributed by atoms with van der Waals surface area (Å²) in [7, 11) is 0. The van der Waals surface area contributed by atoms with Crippen molar-refractivity contribution in [1.29, 1.82) is 0 Å². The zero-order valence-electron chi connectivity index (χ0n) is 15.1. The minimum atomic E-state index is -0.0228. The number of hydrogen-bond donors (Lipinski definition) is 1. The summed E-state index contributed by atoms with van der Waals surface area (Å²) in [4.78, 5) is 18.9. The van der Waals surface area contributed by atoms with E-state index in [4.69, 9.17) is 4.74 Å². The molecule has 1 aromatic carbocycles. The van der Waals surface area contributed by atoms with E-state index in [0.29, 0.717) is 19.6 Å². The van der Waals surface area contributed by atoms with Gasteiger partial charge in [-0.05, 0) is 43.4 Å². The maximum absolute atomic E-state index is 12.7. The molecule has 0 spiro atoms. The van der Waals surface area contributed by atoms with Crippen LogP contribution in [-0.2, 0) is 17.7 Å². The molecule has 3 rings (SSSR count). The molecular formula is C21H27N3O2.